The molecule has 3 aliphatic heterocycles. The fourth-order valence-electron chi connectivity index (χ4n) is 4.79. The van der Waals surface area contributed by atoms with Gasteiger partial charge in [0.25, 0.3) is 0 Å². The van der Waals surface area contributed by atoms with Crippen molar-refractivity contribution in [3.05, 3.63) is 24.3 Å². The monoisotopic (exact) mass is 445 g/mol. The molecule has 0 unspecified atom stereocenters. The highest BCUT2D eigenvalue weighted by molar-refractivity contribution is 7.80. The highest BCUT2D eigenvalue weighted by atomic mass is 32.1. The normalized spacial score (nSPS) is 25.6. The predicted octanol–water partition coefficient (Wildman–Crippen LogP) is 1.33. The molecule has 1 aromatic rings. The van der Waals surface area contributed by atoms with Gasteiger partial charge in [-0.05, 0) is 62.2 Å². The van der Waals surface area contributed by atoms with Crippen LogP contribution in [0.3, 0.4) is 0 Å². The highest BCUT2D eigenvalue weighted by Crippen LogP contribution is 2.26. The molecule has 31 heavy (non-hydrogen) atoms. The Kier molecular flexibility index (Phi) is 6.92. The summed E-state index contributed by atoms with van der Waals surface area (Å²) in [6, 6.07) is 7.67. The van der Waals surface area contributed by atoms with Crippen molar-refractivity contribution < 1.29 is 14.3 Å². The molecule has 0 saturated carbocycles. The van der Waals surface area contributed by atoms with Crippen molar-refractivity contribution in [2.24, 2.45) is 0 Å². The Hall–Kier alpha value is -2.39. The molecule has 3 aliphatic rings. The lowest BCUT2D eigenvalue weighted by Crippen LogP contribution is -2.58. The molecule has 0 spiro atoms. The number of methoxy groups -OCH3 is 1. The predicted molar refractivity (Wildman–Crippen MR) is 123 cm³/mol. The lowest BCUT2D eigenvalue weighted by atomic mass is 10.0. The van der Waals surface area contributed by atoms with Gasteiger partial charge in [-0.1, -0.05) is 0 Å². The molecule has 3 saturated heterocycles. The number of amides is 2. The number of benzene rings is 1. The smallest absolute Gasteiger partial charge is 0.237 e. The first-order valence-electron chi connectivity index (χ1n) is 11.1. The van der Waals surface area contributed by atoms with Gasteiger partial charge < -0.3 is 25.6 Å². The van der Waals surface area contributed by atoms with Crippen LogP contribution in [0, 0.1) is 0 Å². The molecule has 3 fully saturated rings. The summed E-state index contributed by atoms with van der Waals surface area (Å²) >= 11 is 5.48. The minimum Gasteiger partial charge on any atom is -0.497 e. The quantitative estimate of drug-likeness (QED) is 0.570. The summed E-state index contributed by atoms with van der Waals surface area (Å²) in [6.45, 7) is 3.11. The second kappa shape index (κ2) is 9.82. The van der Waals surface area contributed by atoms with Gasteiger partial charge in [0, 0.05) is 50.4 Å². The number of anilines is 1. The van der Waals surface area contributed by atoms with Crippen LogP contribution in [0.4, 0.5) is 5.69 Å². The highest BCUT2D eigenvalue weighted by Gasteiger charge is 2.43. The fourth-order valence-corrected chi connectivity index (χ4v) is 5.07. The number of hydrogen-bond acceptors (Lipinski definition) is 5. The maximum atomic E-state index is 12.4. The van der Waals surface area contributed by atoms with Crippen molar-refractivity contribution in [3.8, 4) is 5.75 Å². The molecule has 9 heteroatoms. The number of nitrogens with one attached hydrogen (secondary N) is 3. The van der Waals surface area contributed by atoms with Gasteiger partial charge >= 0.3 is 0 Å². The molecule has 3 heterocycles. The summed E-state index contributed by atoms with van der Waals surface area (Å²) < 4.78 is 5.18. The number of rotatable bonds is 6. The van der Waals surface area contributed by atoms with Gasteiger partial charge in [0.05, 0.1) is 13.2 Å². The standard InChI is InChI=1S/C22H31N5O3S/c1-30-18-7-4-15(5-8-18)24-22(31)25-16-12-19-21(29)23-13-17(27(19)14-16)6-9-20(28)26-10-2-3-11-26/h4-5,7-8,16-17,19H,2-3,6,9-14H2,1H3,(H,23,29)(H2,24,25,31)/t16-,17-,19+/m1/s1. The summed E-state index contributed by atoms with van der Waals surface area (Å²) in [5, 5.41) is 10.1. The van der Waals surface area contributed by atoms with Crippen molar-refractivity contribution >= 4 is 34.8 Å². The van der Waals surface area contributed by atoms with Gasteiger partial charge in [0.15, 0.2) is 5.11 Å². The van der Waals surface area contributed by atoms with Crippen LogP contribution in [-0.2, 0) is 9.59 Å². The third-order valence-electron chi connectivity index (χ3n) is 6.46. The zero-order chi connectivity index (χ0) is 21.8. The van der Waals surface area contributed by atoms with E-state index in [1.165, 1.54) is 0 Å². The average Bonchev–Trinajstić information content (AvgIpc) is 3.44. The lowest BCUT2D eigenvalue weighted by molar-refractivity contribution is -0.131. The van der Waals surface area contributed by atoms with Crippen LogP contribution < -0.4 is 20.7 Å². The first-order chi connectivity index (χ1) is 15.0. The zero-order valence-electron chi connectivity index (χ0n) is 17.9. The maximum Gasteiger partial charge on any atom is 0.237 e. The number of hydrogen-bond donors (Lipinski definition) is 3. The van der Waals surface area contributed by atoms with E-state index >= 15 is 0 Å². The van der Waals surface area contributed by atoms with Crippen molar-refractivity contribution in [3.63, 3.8) is 0 Å². The maximum absolute atomic E-state index is 12.4. The Morgan fingerprint density at radius 3 is 2.71 bits per heavy atom. The van der Waals surface area contributed by atoms with Gasteiger partial charge in [-0.25, -0.2) is 0 Å². The van der Waals surface area contributed by atoms with Gasteiger partial charge in [-0.2, -0.15) is 0 Å². The number of ether oxygens (including phenoxy) is 1. The molecule has 3 N–H and O–H groups in total. The van der Waals surface area contributed by atoms with Crippen LogP contribution in [0.5, 0.6) is 5.75 Å². The van der Waals surface area contributed by atoms with E-state index in [1.807, 2.05) is 29.2 Å². The number of carbonyl (C=O) groups is 2. The first kappa shape index (κ1) is 21.8. The minimum atomic E-state index is -0.165. The molecule has 168 valence electrons. The molecule has 0 aromatic heterocycles. The Balaban J connectivity index is 1.29. The van der Waals surface area contributed by atoms with Gasteiger partial charge in [0.2, 0.25) is 11.8 Å². The summed E-state index contributed by atoms with van der Waals surface area (Å²) in [4.78, 5) is 29.1. The Bertz CT molecular complexity index is 812. The number of carbonyl (C=O) groups excluding carboxylic acids is 2. The van der Waals surface area contributed by atoms with Gasteiger partial charge in [0.1, 0.15) is 5.75 Å². The molecular formula is C22H31N5O3S. The summed E-state index contributed by atoms with van der Waals surface area (Å²) in [7, 11) is 1.63. The van der Waals surface area contributed by atoms with Gasteiger partial charge in [-0.15, -0.1) is 0 Å². The van der Waals surface area contributed by atoms with E-state index < -0.39 is 0 Å². The van der Waals surface area contributed by atoms with E-state index in [-0.39, 0.29) is 29.9 Å². The van der Waals surface area contributed by atoms with Crippen LogP contribution in [0.2, 0.25) is 0 Å². The number of thiocarbonyl (C=S) groups is 1. The third kappa shape index (κ3) is 5.27. The molecule has 2 amide bonds. The summed E-state index contributed by atoms with van der Waals surface area (Å²) in [5.41, 5.74) is 0.880. The van der Waals surface area contributed by atoms with Crippen LogP contribution in [0.15, 0.2) is 24.3 Å². The van der Waals surface area contributed by atoms with Crippen molar-refractivity contribution in [2.75, 3.05) is 38.6 Å². The van der Waals surface area contributed by atoms with Crippen molar-refractivity contribution in [1.82, 2.24) is 20.4 Å². The van der Waals surface area contributed by atoms with Gasteiger partial charge in [-0.3, -0.25) is 14.5 Å². The van der Waals surface area contributed by atoms with E-state index in [1.54, 1.807) is 7.11 Å². The van der Waals surface area contributed by atoms with Crippen molar-refractivity contribution in [2.45, 2.75) is 50.2 Å². The molecule has 8 nitrogen and oxygen atoms in total. The lowest BCUT2D eigenvalue weighted by Gasteiger charge is -2.37. The van der Waals surface area contributed by atoms with Crippen LogP contribution in [-0.4, -0.2) is 78.1 Å². The average molecular weight is 446 g/mol. The second-order valence-corrected chi connectivity index (χ2v) is 8.91. The molecule has 0 radical (unpaired) electrons. The number of fused-ring (bicyclic) bond motifs is 1. The topological polar surface area (TPSA) is 85.9 Å². The molecule has 1 aromatic carbocycles. The van der Waals surface area contributed by atoms with Crippen LogP contribution in [0.25, 0.3) is 0 Å². The molecule has 4 rings (SSSR count). The fraction of sp³-hybridized carbons (Fsp3) is 0.591. The largest absolute Gasteiger partial charge is 0.497 e. The molecular weight excluding hydrogens is 414 g/mol. The Labute approximate surface area is 188 Å². The first-order valence-corrected chi connectivity index (χ1v) is 11.5. The molecule has 3 atom stereocenters. The second-order valence-electron chi connectivity index (χ2n) is 8.50. The van der Waals surface area contributed by atoms with Crippen LogP contribution >= 0.6 is 12.2 Å². The zero-order valence-corrected chi connectivity index (χ0v) is 18.7. The van der Waals surface area contributed by atoms with E-state index in [9.17, 15) is 9.59 Å². The summed E-state index contributed by atoms with van der Waals surface area (Å²) in [6.07, 6.45) is 4.23. The third-order valence-corrected chi connectivity index (χ3v) is 6.68. The Morgan fingerprint density at radius 2 is 2.00 bits per heavy atom. The van der Waals surface area contributed by atoms with E-state index in [0.29, 0.717) is 24.5 Å². The number of nitrogens with zero attached hydrogens (tertiary/aromatic N) is 2. The SMILES string of the molecule is COc1ccc(NC(=S)N[C@@H]2C[C@H]3C(=O)NC[C@@H](CCC(=O)N4CCCC4)N3C2)cc1. The van der Waals surface area contributed by atoms with E-state index in [0.717, 1.165) is 50.3 Å². The molecule has 0 bridgehead atoms. The number of likely N-dealkylation sites (tertiary alicyclic amines) is 1. The van der Waals surface area contributed by atoms with E-state index in [4.69, 9.17) is 17.0 Å². The Morgan fingerprint density at radius 1 is 1.26 bits per heavy atom. The summed E-state index contributed by atoms with van der Waals surface area (Å²) in [5.74, 6) is 1.10. The van der Waals surface area contributed by atoms with Crippen molar-refractivity contribution in [1.29, 1.82) is 0 Å². The minimum absolute atomic E-state index is 0.0699. The van der Waals surface area contributed by atoms with E-state index in [2.05, 4.69) is 20.9 Å². The number of piperazine rings is 1. The van der Waals surface area contributed by atoms with Crippen LogP contribution in [0.1, 0.15) is 32.1 Å². The molecule has 0 aliphatic carbocycles.